The summed E-state index contributed by atoms with van der Waals surface area (Å²) in [5.74, 6) is 0.466. The molecule has 1 aromatic carbocycles. The van der Waals surface area contributed by atoms with Crippen LogP contribution < -0.4 is 0 Å². The summed E-state index contributed by atoms with van der Waals surface area (Å²) in [5.41, 5.74) is 0.280. The van der Waals surface area contributed by atoms with Gasteiger partial charge in [-0.2, -0.15) is 5.26 Å². The van der Waals surface area contributed by atoms with Crippen molar-refractivity contribution in [2.24, 2.45) is 5.92 Å². The molecule has 0 N–H and O–H groups in total. The number of sulfonamides is 1. The number of hydrogen-bond donors (Lipinski definition) is 0. The number of rotatable bonds is 4. The van der Waals surface area contributed by atoms with Crippen LogP contribution in [0.3, 0.4) is 0 Å². The van der Waals surface area contributed by atoms with Gasteiger partial charge in [-0.05, 0) is 37.0 Å². The SMILES string of the molecule is CN(CC1CCC1)S(=O)(=O)c1ccc(C#N)c(Cl)c1. The molecule has 1 aliphatic rings. The molecule has 1 fully saturated rings. The summed E-state index contributed by atoms with van der Waals surface area (Å²) in [6.07, 6.45) is 3.36. The molecule has 1 aliphatic carbocycles. The Balaban J connectivity index is 2.23. The van der Waals surface area contributed by atoms with Gasteiger partial charge in [0.15, 0.2) is 0 Å². The van der Waals surface area contributed by atoms with Crippen molar-refractivity contribution in [3.63, 3.8) is 0 Å². The van der Waals surface area contributed by atoms with Crippen molar-refractivity contribution in [2.45, 2.75) is 24.2 Å². The van der Waals surface area contributed by atoms with Crippen LogP contribution in [0.15, 0.2) is 23.1 Å². The molecule has 0 bridgehead atoms. The van der Waals surface area contributed by atoms with Crippen molar-refractivity contribution in [3.05, 3.63) is 28.8 Å². The van der Waals surface area contributed by atoms with E-state index in [9.17, 15) is 8.42 Å². The van der Waals surface area contributed by atoms with Gasteiger partial charge < -0.3 is 0 Å². The first kappa shape index (κ1) is 14.3. The summed E-state index contributed by atoms with van der Waals surface area (Å²) >= 11 is 5.88. The van der Waals surface area contributed by atoms with Crippen molar-refractivity contribution < 1.29 is 8.42 Å². The van der Waals surface area contributed by atoms with Crippen LogP contribution in [-0.2, 0) is 10.0 Å². The molecular weight excluding hydrogens is 284 g/mol. The lowest BCUT2D eigenvalue weighted by Crippen LogP contribution is -2.34. The Hall–Kier alpha value is -1.09. The molecule has 0 saturated heterocycles. The lowest BCUT2D eigenvalue weighted by molar-refractivity contribution is 0.263. The Kier molecular flexibility index (Phi) is 4.14. The van der Waals surface area contributed by atoms with Crippen LogP contribution in [0, 0.1) is 17.2 Å². The molecule has 6 heteroatoms. The molecule has 0 unspecified atom stereocenters. The first-order valence-corrected chi connectivity index (χ1v) is 7.93. The Morgan fingerprint density at radius 1 is 1.47 bits per heavy atom. The van der Waals surface area contributed by atoms with Gasteiger partial charge >= 0.3 is 0 Å². The summed E-state index contributed by atoms with van der Waals surface area (Å²) < 4.78 is 26.1. The van der Waals surface area contributed by atoms with Crippen LogP contribution in [0.2, 0.25) is 5.02 Å². The molecule has 0 spiro atoms. The highest BCUT2D eigenvalue weighted by Crippen LogP contribution is 2.29. The third kappa shape index (κ3) is 2.92. The highest BCUT2D eigenvalue weighted by molar-refractivity contribution is 7.89. The van der Waals surface area contributed by atoms with E-state index in [1.165, 1.54) is 28.9 Å². The van der Waals surface area contributed by atoms with Gasteiger partial charge in [0.25, 0.3) is 0 Å². The zero-order valence-electron chi connectivity index (χ0n) is 10.6. The lowest BCUT2D eigenvalue weighted by atomic mass is 9.86. The summed E-state index contributed by atoms with van der Waals surface area (Å²) in [7, 11) is -1.94. The fourth-order valence-corrected chi connectivity index (χ4v) is 3.63. The van der Waals surface area contributed by atoms with E-state index in [-0.39, 0.29) is 15.5 Å². The molecule has 0 amide bonds. The van der Waals surface area contributed by atoms with Crippen LogP contribution in [0.4, 0.5) is 0 Å². The molecule has 4 nitrogen and oxygen atoms in total. The fraction of sp³-hybridized carbons (Fsp3) is 0.462. The van der Waals surface area contributed by atoms with E-state index in [0.717, 1.165) is 12.8 Å². The standard InChI is InChI=1S/C13H15ClN2O2S/c1-16(9-10-3-2-4-10)19(17,18)12-6-5-11(8-15)13(14)7-12/h5-7,10H,2-4,9H2,1H3. The van der Waals surface area contributed by atoms with E-state index in [0.29, 0.717) is 12.5 Å². The van der Waals surface area contributed by atoms with E-state index >= 15 is 0 Å². The Morgan fingerprint density at radius 3 is 2.63 bits per heavy atom. The molecule has 19 heavy (non-hydrogen) atoms. The molecule has 2 rings (SSSR count). The normalized spacial score (nSPS) is 16.1. The Labute approximate surface area is 118 Å². The van der Waals surface area contributed by atoms with Crippen LogP contribution in [0.5, 0.6) is 0 Å². The summed E-state index contributed by atoms with van der Waals surface area (Å²) in [4.78, 5) is 0.137. The second kappa shape index (κ2) is 5.49. The van der Waals surface area contributed by atoms with Gasteiger partial charge in [0.1, 0.15) is 6.07 Å². The molecule has 0 aromatic heterocycles. The van der Waals surface area contributed by atoms with Gasteiger partial charge in [-0.1, -0.05) is 18.0 Å². The predicted molar refractivity (Wildman–Crippen MR) is 73.3 cm³/mol. The maximum absolute atomic E-state index is 12.3. The maximum atomic E-state index is 12.3. The summed E-state index contributed by atoms with van der Waals surface area (Å²) in [5, 5.41) is 8.95. The largest absolute Gasteiger partial charge is 0.242 e. The topological polar surface area (TPSA) is 61.2 Å². The van der Waals surface area contributed by atoms with E-state index in [4.69, 9.17) is 16.9 Å². The number of benzene rings is 1. The van der Waals surface area contributed by atoms with Crippen LogP contribution in [-0.4, -0.2) is 26.3 Å². The first-order chi connectivity index (χ1) is 8.95. The summed E-state index contributed by atoms with van der Waals surface area (Å²) in [6.45, 7) is 0.542. The molecule has 1 aromatic rings. The van der Waals surface area contributed by atoms with E-state index < -0.39 is 10.0 Å². The van der Waals surface area contributed by atoms with Gasteiger partial charge in [-0.15, -0.1) is 0 Å². The Bertz CT molecular complexity index is 618. The summed E-state index contributed by atoms with van der Waals surface area (Å²) in [6, 6.07) is 6.12. The monoisotopic (exact) mass is 298 g/mol. The van der Waals surface area contributed by atoms with Crippen LogP contribution >= 0.6 is 11.6 Å². The average molecular weight is 299 g/mol. The van der Waals surface area contributed by atoms with E-state index in [1.807, 2.05) is 6.07 Å². The van der Waals surface area contributed by atoms with Crippen molar-refractivity contribution in [1.29, 1.82) is 5.26 Å². The quantitative estimate of drug-likeness (QED) is 0.858. The minimum atomic E-state index is -3.52. The Morgan fingerprint density at radius 2 is 2.16 bits per heavy atom. The second-order valence-electron chi connectivity index (χ2n) is 4.84. The molecular formula is C13H15ClN2O2S. The minimum absolute atomic E-state index is 0.137. The highest BCUT2D eigenvalue weighted by atomic mass is 35.5. The minimum Gasteiger partial charge on any atom is -0.207 e. The van der Waals surface area contributed by atoms with E-state index in [2.05, 4.69) is 0 Å². The number of nitriles is 1. The zero-order valence-corrected chi connectivity index (χ0v) is 12.2. The third-order valence-electron chi connectivity index (χ3n) is 3.51. The number of nitrogens with zero attached hydrogens (tertiary/aromatic N) is 2. The smallest absolute Gasteiger partial charge is 0.207 e. The molecule has 0 heterocycles. The molecule has 1 saturated carbocycles. The molecule has 0 aliphatic heterocycles. The third-order valence-corrected chi connectivity index (χ3v) is 5.64. The van der Waals surface area contributed by atoms with Crippen molar-refractivity contribution >= 4 is 21.6 Å². The molecule has 0 atom stereocenters. The van der Waals surface area contributed by atoms with Crippen molar-refractivity contribution in [3.8, 4) is 6.07 Å². The lowest BCUT2D eigenvalue weighted by Gasteiger charge is -2.29. The van der Waals surface area contributed by atoms with Gasteiger partial charge in [0.2, 0.25) is 10.0 Å². The van der Waals surface area contributed by atoms with Gasteiger partial charge in [-0.3, -0.25) is 0 Å². The number of halogens is 1. The zero-order chi connectivity index (χ0) is 14.0. The fourth-order valence-electron chi connectivity index (χ4n) is 2.06. The highest BCUT2D eigenvalue weighted by Gasteiger charge is 2.27. The van der Waals surface area contributed by atoms with Gasteiger partial charge in [0, 0.05) is 13.6 Å². The second-order valence-corrected chi connectivity index (χ2v) is 7.29. The molecule has 102 valence electrons. The van der Waals surface area contributed by atoms with Crippen molar-refractivity contribution in [1.82, 2.24) is 4.31 Å². The van der Waals surface area contributed by atoms with Gasteiger partial charge in [0.05, 0.1) is 15.5 Å². The number of hydrogen-bond acceptors (Lipinski definition) is 3. The first-order valence-electron chi connectivity index (χ1n) is 6.11. The van der Waals surface area contributed by atoms with Crippen LogP contribution in [0.25, 0.3) is 0 Å². The van der Waals surface area contributed by atoms with Crippen LogP contribution in [0.1, 0.15) is 24.8 Å². The van der Waals surface area contributed by atoms with E-state index in [1.54, 1.807) is 7.05 Å². The van der Waals surface area contributed by atoms with Gasteiger partial charge in [-0.25, -0.2) is 12.7 Å². The average Bonchev–Trinajstić information content (AvgIpc) is 2.33. The maximum Gasteiger partial charge on any atom is 0.242 e. The molecule has 0 radical (unpaired) electrons. The van der Waals surface area contributed by atoms with Crippen molar-refractivity contribution in [2.75, 3.05) is 13.6 Å². The predicted octanol–water partition coefficient (Wildman–Crippen LogP) is 2.63.